The first-order chi connectivity index (χ1) is 29.8. The Kier molecular flexibility index (Phi) is 33.4. The number of rotatable bonds is 34. The third-order valence-electron chi connectivity index (χ3n) is 10.9. The summed E-state index contributed by atoms with van der Waals surface area (Å²) in [6, 6.07) is 13.5. The van der Waals surface area contributed by atoms with Crippen LogP contribution in [0.1, 0.15) is 238 Å². The van der Waals surface area contributed by atoms with E-state index < -0.39 is 23.9 Å². The van der Waals surface area contributed by atoms with Gasteiger partial charge >= 0.3 is 23.9 Å². The smallest absolute Gasteiger partial charge is 0.339 e. The molecular formula is C54H88O8. The van der Waals surface area contributed by atoms with Crippen molar-refractivity contribution < 1.29 is 38.1 Å². The SMILES string of the molecule is CC(C)CCCCCCCOC(=O)c1ccccc1C(=O)OCCCCCCCC(C)C.CC(C)CCCCCCOC(=O)c1ccccc1C(=O)OCCCCCCC(C)C. The number of benzene rings is 2. The number of unbranched alkanes of at least 4 members (excludes halogenated alkanes) is 14. The molecule has 0 bridgehead atoms. The zero-order valence-electron chi connectivity index (χ0n) is 40.6. The lowest BCUT2D eigenvalue weighted by molar-refractivity contribution is 0.0450. The van der Waals surface area contributed by atoms with Crippen LogP contribution in [-0.4, -0.2) is 50.3 Å². The van der Waals surface area contributed by atoms with Gasteiger partial charge in [-0.25, -0.2) is 19.2 Å². The van der Waals surface area contributed by atoms with Crippen molar-refractivity contribution in [1.82, 2.24) is 0 Å². The second-order valence-electron chi connectivity index (χ2n) is 18.7. The predicted octanol–water partition coefficient (Wildman–Crippen LogP) is 15.2. The Morgan fingerprint density at radius 3 is 0.677 bits per heavy atom. The summed E-state index contributed by atoms with van der Waals surface area (Å²) < 4.78 is 21.6. The van der Waals surface area contributed by atoms with E-state index in [2.05, 4.69) is 55.4 Å². The van der Waals surface area contributed by atoms with E-state index in [1.807, 2.05) is 0 Å². The average molecular weight is 865 g/mol. The van der Waals surface area contributed by atoms with Crippen molar-refractivity contribution in [1.29, 1.82) is 0 Å². The summed E-state index contributed by atoms with van der Waals surface area (Å²) in [5.74, 6) is 1.24. The molecule has 0 fully saturated rings. The van der Waals surface area contributed by atoms with Crippen LogP contribution in [-0.2, 0) is 18.9 Å². The van der Waals surface area contributed by atoms with Gasteiger partial charge in [-0.05, 0) is 73.6 Å². The van der Waals surface area contributed by atoms with Gasteiger partial charge in [-0.15, -0.1) is 0 Å². The summed E-state index contributed by atoms with van der Waals surface area (Å²) in [6.45, 7) is 19.5. The number of esters is 4. The fourth-order valence-corrected chi connectivity index (χ4v) is 7.04. The van der Waals surface area contributed by atoms with Crippen LogP contribution in [0.15, 0.2) is 48.5 Å². The molecule has 0 unspecified atom stereocenters. The van der Waals surface area contributed by atoms with Gasteiger partial charge in [0.1, 0.15) is 0 Å². The van der Waals surface area contributed by atoms with E-state index in [-0.39, 0.29) is 0 Å². The van der Waals surface area contributed by atoms with Crippen LogP contribution in [0.25, 0.3) is 0 Å². The molecule has 352 valence electrons. The third-order valence-corrected chi connectivity index (χ3v) is 10.9. The van der Waals surface area contributed by atoms with E-state index in [9.17, 15) is 19.2 Å². The van der Waals surface area contributed by atoms with Gasteiger partial charge in [0.15, 0.2) is 0 Å². The minimum Gasteiger partial charge on any atom is -0.462 e. The number of carbonyl (C=O) groups is 4. The largest absolute Gasteiger partial charge is 0.462 e. The number of hydrogen-bond acceptors (Lipinski definition) is 8. The van der Waals surface area contributed by atoms with Crippen LogP contribution in [0.5, 0.6) is 0 Å². The molecule has 0 aliphatic carbocycles. The first-order valence-electron chi connectivity index (χ1n) is 24.7. The zero-order chi connectivity index (χ0) is 45.8. The first-order valence-corrected chi connectivity index (χ1v) is 24.7. The Hall–Kier alpha value is -3.68. The van der Waals surface area contributed by atoms with Crippen molar-refractivity contribution in [3.63, 3.8) is 0 Å². The molecule has 8 heteroatoms. The summed E-state index contributed by atoms with van der Waals surface area (Å²) >= 11 is 0. The Morgan fingerprint density at radius 1 is 0.306 bits per heavy atom. The summed E-state index contributed by atoms with van der Waals surface area (Å²) in [5, 5.41) is 0. The van der Waals surface area contributed by atoms with E-state index >= 15 is 0 Å². The number of ether oxygens (including phenoxy) is 4. The van der Waals surface area contributed by atoms with Gasteiger partial charge in [-0.1, -0.05) is 195 Å². The summed E-state index contributed by atoms with van der Waals surface area (Å²) in [4.78, 5) is 49.8. The molecule has 2 aromatic carbocycles. The van der Waals surface area contributed by atoms with Crippen LogP contribution in [0.2, 0.25) is 0 Å². The van der Waals surface area contributed by atoms with E-state index in [4.69, 9.17) is 18.9 Å². The predicted molar refractivity (Wildman–Crippen MR) is 255 cm³/mol. The molecule has 0 aliphatic heterocycles. The lowest BCUT2D eigenvalue weighted by Crippen LogP contribution is -2.15. The van der Waals surface area contributed by atoms with E-state index in [1.165, 1.54) is 77.0 Å². The minimum atomic E-state index is -0.446. The molecule has 8 nitrogen and oxygen atoms in total. The maximum absolute atomic E-state index is 12.5. The second kappa shape index (κ2) is 36.8. The van der Waals surface area contributed by atoms with Crippen LogP contribution in [0, 0.1) is 23.7 Å². The Morgan fingerprint density at radius 2 is 0.484 bits per heavy atom. The van der Waals surface area contributed by atoms with Crippen molar-refractivity contribution in [2.45, 2.75) is 197 Å². The molecule has 2 aromatic rings. The molecule has 0 atom stereocenters. The monoisotopic (exact) mass is 865 g/mol. The normalized spacial score (nSPS) is 11.2. The average Bonchev–Trinajstić information content (AvgIpc) is 3.24. The molecule has 0 aliphatic rings. The van der Waals surface area contributed by atoms with Gasteiger partial charge in [0.25, 0.3) is 0 Å². The lowest BCUT2D eigenvalue weighted by atomic mass is 10.0. The van der Waals surface area contributed by atoms with Crippen molar-refractivity contribution in [3.8, 4) is 0 Å². The van der Waals surface area contributed by atoms with Crippen LogP contribution < -0.4 is 0 Å². The molecule has 0 amide bonds. The van der Waals surface area contributed by atoms with E-state index in [0.29, 0.717) is 48.7 Å². The van der Waals surface area contributed by atoms with Crippen LogP contribution in [0.4, 0.5) is 0 Å². The van der Waals surface area contributed by atoms with E-state index in [0.717, 1.165) is 87.9 Å². The molecule has 0 heterocycles. The zero-order valence-corrected chi connectivity index (χ0v) is 40.6. The van der Waals surface area contributed by atoms with Gasteiger partial charge < -0.3 is 18.9 Å². The third kappa shape index (κ3) is 29.6. The van der Waals surface area contributed by atoms with Crippen LogP contribution >= 0.6 is 0 Å². The number of carbonyl (C=O) groups excluding carboxylic acids is 4. The summed E-state index contributed by atoms with van der Waals surface area (Å²) in [5.41, 5.74) is 1.17. The van der Waals surface area contributed by atoms with Crippen molar-refractivity contribution in [2.24, 2.45) is 23.7 Å². The van der Waals surface area contributed by atoms with Gasteiger partial charge in [-0.3, -0.25) is 0 Å². The maximum Gasteiger partial charge on any atom is 0.339 e. The highest BCUT2D eigenvalue weighted by molar-refractivity contribution is 6.03. The first kappa shape index (κ1) is 56.3. The molecule has 0 saturated carbocycles. The maximum atomic E-state index is 12.5. The molecule has 62 heavy (non-hydrogen) atoms. The molecule has 2 rings (SSSR count). The van der Waals surface area contributed by atoms with Gasteiger partial charge in [0.05, 0.1) is 48.7 Å². The van der Waals surface area contributed by atoms with Crippen molar-refractivity contribution in [2.75, 3.05) is 26.4 Å². The summed E-state index contributed by atoms with van der Waals surface area (Å²) in [7, 11) is 0. The van der Waals surface area contributed by atoms with Gasteiger partial charge in [0, 0.05) is 0 Å². The number of hydrogen-bond donors (Lipinski definition) is 0. The molecule has 0 saturated heterocycles. The molecule has 0 aromatic heterocycles. The highest BCUT2D eigenvalue weighted by Crippen LogP contribution is 2.17. The van der Waals surface area contributed by atoms with Crippen molar-refractivity contribution >= 4 is 23.9 Å². The minimum absolute atomic E-state index is 0.291. The van der Waals surface area contributed by atoms with Gasteiger partial charge in [-0.2, -0.15) is 0 Å². The highest BCUT2D eigenvalue weighted by atomic mass is 16.5. The molecule has 0 radical (unpaired) electrons. The van der Waals surface area contributed by atoms with Crippen molar-refractivity contribution in [3.05, 3.63) is 70.8 Å². The quantitative estimate of drug-likeness (QED) is 0.0389. The summed E-state index contributed by atoms with van der Waals surface area (Å²) in [6.07, 6.45) is 24.8. The molecular weight excluding hydrogens is 777 g/mol. The Labute approximate surface area is 378 Å². The Bertz CT molecular complexity index is 1350. The molecule has 0 N–H and O–H groups in total. The molecule has 0 spiro atoms. The second-order valence-corrected chi connectivity index (χ2v) is 18.7. The fourth-order valence-electron chi connectivity index (χ4n) is 7.04. The van der Waals surface area contributed by atoms with Crippen LogP contribution in [0.3, 0.4) is 0 Å². The Balaban J connectivity index is 0.000000621. The standard InChI is InChI=1S/C28H46O4.C26H42O4/c1-23(2)17-11-7-5-9-15-21-31-27(29)25-19-13-14-20-26(25)28(30)32-22-16-10-6-8-12-18-24(3)4;1-21(2)15-9-5-7-13-19-29-25(27)23-17-11-12-18-24(23)26(28)30-20-14-8-6-10-16-22(3)4/h13-14,19-20,23-24H,5-12,15-18,21-22H2,1-4H3;11-12,17-18,21-22H,5-10,13-16,19-20H2,1-4H3. The lowest BCUT2D eigenvalue weighted by Gasteiger charge is -2.10. The fraction of sp³-hybridized carbons (Fsp3) is 0.704. The van der Waals surface area contributed by atoms with E-state index in [1.54, 1.807) is 48.5 Å². The highest BCUT2D eigenvalue weighted by Gasteiger charge is 2.20. The van der Waals surface area contributed by atoms with Gasteiger partial charge in [0.2, 0.25) is 0 Å². The topological polar surface area (TPSA) is 105 Å².